The van der Waals surface area contributed by atoms with E-state index in [1.807, 2.05) is 38.1 Å². The summed E-state index contributed by atoms with van der Waals surface area (Å²) in [7, 11) is 3.48. The average Bonchev–Trinajstić information content (AvgIpc) is 2.70. The molecule has 7 heteroatoms. The Hall–Kier alpha value is -3.35. The highest BCUT2D eigenvalue weighted by Crippen LogP contribution is 2.14. The van der Waals surface area contributed by atoms with Gasteiger partial charge in [-0.25, -0.2) is 0 Å². The third-order valence-corrected chi connectivity index (χ3v) is 4.33. The van der Waals surface area contributed by atoms with Gasteiger partial charge in [-0.2, -0.15) is 0 Å². The first-order chi connectivity index (χ1) is 14.2. The summed E-state index contributed by atoms with van der Waals surface area (Å²) < 4.78 is 0. The molecule has 3 amide bonds. The molecule has 2 rings (SSSR count). The van der Waals surface area contributed by atoms with Crippen molar-refractivity contribution in [1.82, 2.24) is 10.2 Å². The number of anilines is 2. The molecule has 2 aromatic carbocycles. The van der Waals surface area contributed by atoms with Crippen molar-refractivity contribution in [1.29, 1.82) is 0 Å². The van der Waals surface area contributed by atoms with Crippen molar-refractivity contribution in [2.75, 3.05) is 31.3 Å². The van der Waals surface area contributed by atoms with E-state index in [2.05, 4.69) is 16.0 Å². The predicted molar refractivity (Wildman–Crippen MR) is 120 cm³/mol. The van der Waals surface area contributed by atoms with Gasteiger partial charge >= 0.3 is 0 Å². The van der Waals surface area contributed by atoms with Gasteiger partial charge in [0, 0.05) is 43.5 Å². The molecule has 0 radical (unpaired) electrons. The second-order valence-corrected chi connectivity index (χ2v) is 7.60. The topological polar surface area (TPSA) is 90.5 Å². The Bertz CT molecular complexity index is 894. The number of benzene rings is 2. The SMILES string of the molecule is CC(C)NC(=O)c1cccc(NC(=O)CNc2cccc(CCC(=O)N(C)C)c2)c1. The third kappa shape index (κ3) is 7.58. The fourth-order valence-electron chi connectivity index (χ4n) is 2.78. The van der Waals surface area contributed by atoms with Crippen LogP contribution in [0, 0.1) is 0 Å². The van der Waals surface area contributed by atoms with Crippen LogP contribution >= 0.6 is 0 Å². The zero-order chi connectivity index (χ0) is 22.1. The Balaban J connectivity index is 1.88. The molecule has 0 aliphatic carbocycles. The lowest BCUT2D eigenvalue weighted by Gasteiger charge is -2.12. The molecule has 2 aromatic rings. The Kier molecular flexibility index (Phi) is 8.41. The Morgan fingerprint density at radius 1 is 0.967 bits per heavy atom. The van der Waals surface area contributed by atoms with E-state index in [0.29, 0.717) is 24.1 Å². The lowest BCUT2D eigenvalue weighted by atomic mass is 10.1. The van der Waals surface area contributed by atoms with Crippen LogP contribution in [0.2, 0.25) is 0 Å². The largest absolute Gasteiger partial charge is 0.376 e. The lowest BCUT2D eigenvalue weighted by Crippen LogP contribution is -2.30. The summed E-state index contributed by atoms with van der Waals surface area (Å²) >= 11 is 0. The van der Waals surface area contributed by atoms with Crippen molar-refractivity contribution in [2.24, 2.45) is 0 Å². The molecule has 160 valence electrons. The molecular formula is C23H30N4O3. The van der Waals surface area contributed by atoms with Gasteiger partial charge in [-0.1, -0.05) is 18.2 Å². The number of hydrogen-bond acceptors (Lipinski definition) is 4. The molecule has 0 saturated carbocycles. The van der Waals surface area contributed by atoms with Gasteiger partial charge in [0.1, 0.15) is 0 Å². The van der Waals surface area contributed by atoms with Gasteiger partial charge in [-0.05, 0) is 56.2 Å². The first-order valence-corrected chi connectivity index (χ1v) is 9.98. The van der Waals surface area contributed by atoms with E-state index < -0.39 is 0 Å². The number of carbonyl (C=O) groups is 3. The fraction of sp³-hybridized carbons (Fsp3) is 0.348. The maximum atomic E-state index is 12.3. The van der Waals surface area contributed by atoms with Gasteiger partial charge in [0.25, 0.3) is 5.91 Å². The van der Waals surface area contributed by atoms with Crippen molar-refractivity contribution in [3.63, 3.8) is 0 Å². The van der Waals surface area contributed by atoms with E-state index in [1.54, 1.807) is 43.3 Å². The Morgan fingerprint density at radius 3 is 2.37 bits per heavy atom. The lowest BCUT2D eigenvalue weighted by molar-refractivity contribution is -0.128. The Labute approximate surface area is 177 Å². The normalized spacial score (nSPS) is 10.4. The summed E-state index contributed by atoms with van der Waals surface area (Å²) in [6.45, 7) is 3.87. The van der Waals surface area contributed by atoms with E-state index in [1.165, 1.54) is 0 Å². The molecule has 3 N–H and O–H groups in total. The predicted octanol–water partition coefficient (Wildman–Crippen LogP) is 2.90. The maximum Gasteiger partial charge on any atom is 0.251 e. The number of nitrogens with one attached hydrogen (secondary N) is 3. The molecule has 0 heterocycles. The second kappa shape index (κ2) is 11.0. The zero-order valence-corrected chi connectivity index (χ0v) is 18.0. The minimum absolute atomic E-state index is 0.0386. The third-order valence-electron chi connectivity index (χ3n) is 4.33. The summed E-state index contributed by atoms with van der Waals surface area (Å²) in [6.07, 6.45) is 1.08. The highest BCUT2D eigenvalue weighted by atomic mass is 16.2. The van der Waals surface area contributed by atoms with Crippen LogP contribution < -0.4 is 16.0 Å². The molecule has 0 atom stereocenters. The van der Waals surface area contributed by atoms with Gasteiger partial charge in [0.15, 0.2) is 0 Å². The number of aryl methyl sites for hydroxylation is 1. The minimum Gasteiger partial charge on any atom is -0.376 e. The summed E-state index contributed by atoms with van der Waals surface area (Å²) in [5, 5.41) is 8.72. The second-order valence-electron chi connectivity index (χ2n) is 7.60. The van der Waals surface area contributed by atoms with Crippen molar-refractivity contribution < 1.29 is 14.4 Å². The number of rotatable bonds is 9. The molecule has 0 aliphatic rings. The standard InChI is InChI=1S/C23H30N4O3/c1-16(2)25-23(30)18-8-6-10-20(14-18)26-21(28)15-24-19-9-5-7-17(13-19)11-12-22(29)27(3)4/h5-10,13-14,16,24H,11-12,15H2,1-4H3,(H,25,30)(H,26,28). The van der Waals surface area contributed by atoms with E-state index in [-0.39, 0.29) is 30.3 Å². The first kappa shape index (κ1) is 22.9. The molecule has 30 heavy (non-hydrogen) atoms. The molecule has 0 saturated heterocycles. The van der Waals surface area contributed by atoms with Crippen molar-refractivity contribution in [2.45, 2.75) is 32.7 Å². The maximum absolute atomic E-state index is 12.3. The van der Waals surface area contributed by atoms with Crippen molar-refractivity contribution >= 4 is 29.1 Å². The summed E-state index contributed by atoms with van der Waals surface area (Å²) in [4.78, 5) is 37.7. The molecule has 0 aliphatic heterocycles. The van der Waals surface area contributed by atoms with Crippen LogP contribution in [0.1, 0.15) is 36.2 Å². The molecule has 0 aromatic heterocycles. The Morgan fingerprint density at radius 2 is 1.67 bits per heavy atom. The molecular weight excluding hydrogens is 380 g/mol. The quantitative estimate of drug-likeness (QED) is 0.593. The summed E-state index contributed by atoms with van der Waals surface area (Å²) in [6, 6.07) is 14.5. The van der Waals surface area contributed by atoms with Crippen molar-refractivity contribution in [3.8, 4) is 0 Å². The molecule has 0 spiro atoms. The average molecular weight is 411 g/mol. The summed E-state index contributed by atoms with van der Waals surface area (Å²) in [5.74, 6) is -0.314. The van der Waals surface area contributed by atoms with Gasteiger partial charge in [0.2, 0.25) is 11.8 Å². The van der Waals surface area contributed by atoms with Crippen LogP contribution in [0.3, 0.4) is 0 Å². The number of nitrogens with zero attached hydrogens (tertiary/aromatic N) is 1. The highest BCUT2D eigenvalue weighted by Gasteiger charge is 2.09. The van der Waals surface area contributed by atoms with Gasteiger partial charge in [-0.15, -0.1) is 0 Å². The van der Waals surface area contributed by atoms with E-state index in [4.69, 9.17) is 0 Å². The van der Waals surface area contributed by atoms with E-state index in [9.17, 15) is 14.4 Å². The van der Waals surface area contributed by atoms with E-state index in [0.717, 1.165) is 11.3 Å². The van der Waals surface area contributed by atoms with Crippen LogP contribution in [0.5, 0.6) is 0 Å². The molecule has 0 fully saturated rings. The van der Waals surface area contributed by atoms with E-state index >= 15 is 0 Å². The highest BCUT2D eigenvalue weighted by molar-refractivity contribution is 5.98. The minimum atomic E-state index is -0.218. The summed E-state index contributed by atoms with van der Waals surface area (Å²) in [5.41, 5.74) is 2.90. The number of hydrogen-bond donors (Lipinski definition) is 3. The van der Waals surface area contributed by atoms with Crippen LogP contribution in [0.25, 0.3) is 0 Å². The van der Waals surface area contributed by atoms with Gasteiger partial charge < -0.3 is 20.9 Å². The zero-order valence-electron chi connectivity index (χ0n) is 18.0. The van der Waals surface area contributed by atoms with Gasteiger partial charge in [-0.3, -0.25) is 14.4 Å². The molecule has 0 unspecified atom stereocenters. The fourth-order valence-corrected chi connectivity index (χ4v) is 2.78. The van der Waals surface area contributed by atoms with Crippen LogP contribution in [0.15, 0.2) is 48.5 Å². The molecule has 0 bridgehead atoms. The molecule has 7 nitrogen and oxygen atoms in total. The monoisotopic (exact) mass is 410 g/mol. The van der Waals surface area contributed by atoms with Gasteiger partial charge in [0.05, 0.1) is 6.54 Å². The number of carbonyl (C=O) groups excluding carboxylic acids is 3. The number of amides is 3. The smallest absolute Gasteiger partial charge is 0.251 e. The van der Waals surface area contributed by atoms with Crippen LogP contribution in [-0.4, -0.2) is 49.3 Å². The van der Waals surface area contributed by atoms with Crippen LogP contribution in [0.4, 0.5) is 11.4 Å². The first-order valence-electron chi connectivity index (χ1n) is 9.98. The van der Waals surface area contributed by atoms with Crippen LogP contribution in [-0.2, 0) is 16.0 Å². The van der Waals surface area contributed by atoms with Crippen molar-refractivity contribution in [3.05, 3.63) is 59.7 Å².